The van der Waals surface area contributed by atoms with Crippen molar-refractivity contribution in [3.8, 4) is 17.1 Å². The summed E-state index contributed by atoms with van der Waals surface area (Å²) in [5.41, 5.74) is 3.17. The zero-order chi connectivity index (χ0) is 14.8. The van der Waals surface area contributed by atoms with Crippen molar-refractivity contribution in [3.05, 3.63) is 60.2 Å². The number of hydrogen-bond donors (Lipinski definition) is 0. The van der Waals surface area contributed by atoms with Crippen LogP contribution < -0.4 is 0 Å². The lowest BCUT2D eigenvalue weighted by Gasteiger charge is -2.07. The second-order valence-electron chi connectivity index (χ2n) is 5.39. The maximum atomic E-state index is 4.73. The molecule has 2 heterocycles. The van der Waals surface area contributed by atoms with E-state index in [2.05, 4.69) is 30.9 Å². The fourth-order valence-corrected chi connectivity index (χ4v) is 2.19. The molecule has 4 nitrogen and oxygen atoms in total. The predicted molar refractivity (Wildman–Crippen MR) is 83.4 cm³/mol. The van der Waals surface area contributed by atoms with E-state index >= 15 is 0 Å². The first-order valence-corrected chi connectivity index (χ1v) is 7.10. The van der Waals surface area contributed by atoms with Gasteiger partial charge in [0.2, 0.25) is 0 Å². The monoisotopic (exact) mass is 278 g/mol. The number of benzene rings is 1. The molecule has 0 N–H and O–H groups in total. The highest BCUT2D eigenvalue weighted by Crippen LogP contribution is 2.25. The molecule has 0 spiro atoms. The smallest absolute Gasteiger partial charge is 0.165 e. The van der Waals surface area contributed by atoms with Crippen LogP contribution in [0.3, 0.4) is 0 Å². The van der Waals surface area contributed by atoms with E-state index in [0.29, 0.717) is 0 Å². The third kappa shape index (κ3) is 2.57. The summed E-state index contributed by atoms with van der Waals surface area (Å²) in [6.45, 7) is 6.27. The Labute approximate surface area is 124 Å². The van der Waals surface area contributed by atoms with Crippen molar-refractivity contribution in [1.29, 1.82) is 0 Å². The average molecular weight is 278 g/mol. The molecule has 1 aromatic carbocycles. The summed E-state index contributed by atoms with van der Waals surface area (Å²) in [5, 5.41) is 4.68. The standard InChI is InChI=1S/C17H18N4/c1-12(2)16-19-17(15-11-18-10-9-13(15)3)21(20-16)14-7-5-4-6-8-14/h4-12H,1-3H3. The highest BCUT2D eigenvalue weighted by atomic mass is 15.4. The number of nitrogens with zero attached hydrogens (tertiary/aromatic N) is 4. The largest absolute Gasteiger partial charge is 0.264 e. The number of rotatable bonds is 3. The Kier molecular flexibility index (Phi) is 3.52. The van der Waals surface area contributed by atoms with E-state index in [1.807, 2.05) is 47.3 Å². The van der Waals surface area contributed by atoms with Crippen LogP contribution in [0.5, 0.6) is 0 Å². The van der Waals surface area contributed by atoms with Crippen molar-refractivity contribution in [2.75, 3.05) is 0 Å². The number of aryl methyl sites for hydroxylation is 1. The van der Waals surface area contributed by atoms with E-state index in [-0.39, 0.29) is 5.92 Å². The fraction of sp³-hybridized carbons (Fsp3) is 0.235. The lowest BCUT2D eigenvalue weighted by atomic mass is 10.1. The molecule has 0 aliphatic carbocycles. The van der Waals surface area contributed by atoms with Crippen LogP contribution in [0.25, 0.3) is 17.1 Å². The van der Waals surface area contributed by atoms with Crippen LogP contribution in [-0.4, -0.2) is 19.7 Å². The van der Waals surface area contributed by atoms with E-state index < -0.39 is 0 Å². The summed E-state index contributed by atoms with van der Waals surface area (Å²) >= 11 is 0. The summed E-state index contributed by atoms with van der Waals surface area (Å²) in [7, 11) is 0. The predicted octanol–water partition coefficient (Wildman–Crippen LogP) is 3.76. The van der Waals surface area contributed by atoms with Crippen LogP contribution in [0.4, 0.5) is 0 Å². The molecule has 0 aliphatic rings. The molecular formula is C17H18N4. The van der Waals surface area contributed by atoms with E-state index in [0.717, 1.165) is 28.5 Å². The molecule has 0 saturated carbocycles. The quantitative estimate of drug-likeness (QED) is 0.732. The third-order valence-electron chi connectivity index (χ3n) is 3.42. The van der Waals surface area contributed by atoms with Gasteiger partial charge >= 0.3 is 0 Å². The van der Waals surface area contributed by atoms with Crippen molar-refractivity contribution in [2.24, 2.45) is 0 Å². The molecule has 106 valence electrons. The highest BCUT2D eigenvalue weighted by molar-refractivity contribution is 5.61. The minimum absolute atomic E-state index is 0.283. The molecule has 0 radical (unpaired) electrons. The van der Waals surface area contributed by atoms with E-state index in [1.54, 1.807) is 6.20 Å². The first-order valence-electron chi connectivity index (χ1n) is 7.10. The van der Waals surface area contributed by atoms with Crippen molar-refractivity contribution < 1.29 is 0 Å². The van der Waals surface area contributed by atoms with Crippen LogP contribution >= 0.6 is 0 Å². The molecule has 0 amide bonds. The Morgan fingerprint density at radius 1 is 1.05 bits per heavy atom. The normalized spacial score (nSPS) is 11.0. The molecule has 0 bridgehead atoms. The SMILES string of the molecule is Cc1ccncc1-c1nc(C(C)C)nn1-c1ccccc1. The van der Waals surface area contributed by atoms with E-state index in [9.17, 15) is 0 Å². The molecule has 0 unspecified atom stereocenters. The van der Waals surface area contributed by atoms with Gasteiger partial charge in [0, 0.05) is 23.9 Å². The number of pyridine rings is 1. The van der Waals surface area contributed by atoms with Gasteiger partial charge in [-0.1, -0.05) is 32.0 Å². The van der Waals surface area contributed by atoms with Crippen molar-refractivity contribution in [2.45, 2.75) is 26.7 Å². The summed E-state index contributed by atoms with van der Waals surface area (Å²) in [6, 6.07) is 12.1. The Morgan fingerprint density at radius 2 is 1.81 bits per heavy atom. The molecule has 2 aromatic heterocycles. The number of para-hydroxylation sites is 1. The highest BCUT2D eigenvalue weighted by Gasteiger charge is 2.16. The zero-order valence-corrected chi connectivity index (χ0v) is 12.5. The van der Waals surface area contributed by atoms with Gasteiger partial charge < -0.3 is 0 Å². The van der Waals surface area contributed by atoms with Gasteiger partial charge in [0.1, 0.15) is 0 Å². The van der Waals surface area contributed by atoms with Gasteiger partial charge in [0.15, 0.2) is 11.6 Å². The van der Waals surface area contributed by atoms with Crippen LogP contribution in [0.2, 0.25) is 0 Å². The van der Waals surface area contributed by atoms with Gasteiger partial charge in [-0.15, -0.1) is 0 Å². The minimum Gasteiger partial charge on any atom is -0.264 e. The Hall–Kier alpha value is -2.49. The maximum absolute atomic E-state index is 4.73. The molecule has 3 aromatic rings. The average Bonchev–Trinajstić information content (AvgIpc) is 2.94. The molecule has 3 rings (SSSR count). The molecule has 4 heteroatoms. The molecule has 0 saturated heterocycles. The van der Waals surface area contributed by atoms with Gasteiger partial charge in [0.25, 0.3) is 0 Å². The summed E-state index contributed by atoms with van der Waals surface area (Å²) in [5.74, 6) is 1.97. The number of aromatic nitrogens is 4. The molecule has 0 aliphatic heterocycles. The van der Waals surface area contributed by atoms with Gasteiger partial charge in [-0.3, -0.25) is 4.98 Å². The zero-order valence-electron chi connectivity index (χ0n) is 12.5. The second kappa shape index (κ2) is 5.48. The molecular weight excluding hydrogens is 260 g/mol. The van der Waals surface area contributed by atoms with Gasteiger partial charge in [0.05, 0.1) is 5.69 Å². The van der Waals surface area contributed by atoms with Gasteiger partial charge in [-0.2, -0.15) is 5.10 Å². The Bertz CT molecular complexity index is 744. The van der Waals surface area contributed by atoms with Crippen molar-refractivity contribution in [3.63, 3.8) is 0 Å². The minimum atomic E-state index is 0.283. The van der Waals surface area contributed by atoms with Gasteiger partial charge in [-0.05, 0) is 30.7 Å². The van der Waals surface area contributed by atoms with Crippen LogP contribution in [0, 0.1) is 6.92 Å². The lowest BCUT2D eigenvalue weighted by Crippen LogP contribution is -2.01. The van der Waals surface area contributed by atoms with Crippen LogP contribution in [0.1, 0.15) is 31.2 Å². The molecule has 21 heavy (non-hydrogen) atoms. The summed E-state index contributed by atoms with van der Waals surface area (Å²) in [6.07, 6.45) is 3.65. The maximum Gasteiger partial charge on any atom is 0.165 e. The first-order chi connectivity index (χ1) is 10.2. The van der Waals surface area contributed by atoms with Crippen LogP contribution in [0.15, 0.2) is 48.8 Å². The lowest BCUT2D eigenvalue weighted by molar-refractivity contribution is 0.754. The first kappa shape index (κ1) is 13.5. The van der Waals surface area contributed by atoms with Crippen molar-refractivity contribution >= 4 is 0 Å². The van der Waals surface area contributed by atoms with E-state index in [1.165, 1.54) is 0 Å². The van der Waals surface area contributed by atoms with Gasteiger partial charge in [-0.25, -0.2) is 9.67 Å². The van der Waals surface area contributed by atoms with Crippen LogP contribution in [-0.2, 0) is 0 Å². The Balaban J connectivity index is 2.22. The molecule has 0 fully saturated rings. The van der Waals surface area contributed by atoms with Crippen molar-refractivity contribution in [1.82, 2.24) is 19.7 Å². The fourth-order valence-electron chi connectivity index (χ4n) is 2.19. The topological polar surface area (TPSA) is 43.6 Å². The molecule has 0 atom stereocenters. The van der Waals surface area contributed by atoms with E-state index in [4.69, 9.17) is 4.98 Å². The summed E-state index contributed by atoms with van der Waals surface area (Å²) < 4.78 is 1.90. The summed E-state index contributed by atoms with van der Waals surface area (Å²) in [4.78, 5) is 8.96. The third-order valence-corrected chi connectivity index (χ3v) is 3.42. The Morgan fingerprint density at radius 3 is 2.48 bits per heavy atom. The second-order valence-corrected chi connectivity index (χ2v) is 5.39. The number of hydrogen-bond acceptors (Lipinski definition) is 3.